The predicted molar refractivity (Wildman–Crippen MR) is 67.4 cm³/mol. The highest BCUT2D eigenvalue weighted by Crippen LogP contribution is 2.18. The van der Waals surface area contributed by atoms with E-state index in [1.165, 1.54) is 0 Å². The van der Waals surface area contributed by atoms with E-state index in [-0.39, 0.29) is 29.9 Å². The number of carbonyl (C=O) groups is 2. The van der Waals surface area contributed by atoms with Gasteiger partial charge in [-0.3, -0.25) is 9.59 Å². The molecule has 0 radical (unpaired) electrons. The van der Waals surface area contributed by atoms with Crippen molar-refractivity contribution in [2.24, 2.45) is 5.92 Å². The molecule has 4 heteroatoms. The number of rotatable bonds is 3. The fourth-order valence-electron chi connectivity index (χ4n) is 2.47. The minimum absolute atomic E-state index is 0.0142. The van der Waals surface area contributed by atoms with E-state index in [9.17, 15) is 9.59 Å². The van der Waals surface area contributed by atoms with Gasteiger partial charge in [-0.05, 0) is 33.1 Å². The van der Waals surface area contributed by atoms with Gasteiger partial charge in [0.15, 0.2) is 0 Å². The van der Waals surface area contributed by atoms with E-state index < -0.39 is 0 Å². The van der Waals surface area contributed by atoms with Gasteiger partial charge in [-0.25, -0.2) is 0 Å². The second kappa shape index (κ2) is 5.52. The first-order chi connectivity index (χ1) is 7.82. The van der Waals surface area contributed by atoms with Crippen LogP contribution in [0.3, 0.4) is 0 Å². The van der Waals surface area contributed by atoms with Crippen molar-refractivity contribution in [2.75, 3.05) is 0 Å². The molecule has 17 heavy (non-hydrogen) atoms. The Kier molecular flexibility index (Phi) is 4.54. The van der Waals surface area contributed by atoms with E-state index in [4.69, 9.17) is 0 Å². The number of carbonyl (C=O) groups excluding carboxylic acids is 2. The molecule has 1 aliphatic heterocycles. The van der Waals surface area contributed by atoms with Crippen LogP contribution in [0.4, 0.5) is 0 Å². The van der Waals surface area contributed by atoms with Crippen LogP contribution in [0.25, 0.3) is 0 Å². The van der Waals surface area contributed by atoms with Crippen LogP contribution in [0.1, 0.15) is 47.5 Å². The molecule has 1 rings (SSSR count). The van der Waals surface area contributed by atoms with Gasteiger partial charge in [0.2, 0.25) is 11.8 Å². The van der Waals surface area contributed by atoms with Gasteiger partial charge < -0.3 is 10.2 Å². The first-order valence-corrected chi connectivity index (χ1v) is 6.44. The van der Waals surface area contributed by atoms with E-state index in [1.807, 2.05) is 25.7 Å². The molecule has 98 valence electrons. The zero-order chi connectivity index (χ0) is 13.2. The Labute approximate surface area is 104 Å². The van der Waals surface area contributed by atoms with Crippen LogP contribution in [-0.2, 0) is 9.59 Å². The maximum atomic E-state index is 12.4. The van der Waals surface area contributed by atoms with E-state index in [1.54, 1.807) is 0 Å². The number of hydrogen-bond acceptors (Lipinski definition) is 2. The zero-order valence-electron chi connectivity index (χ0n) is 11.5. The lowest BCUT2D eigenvalue weighted by Crippen LogP contribution is -2.49. The molecule has 0 aromatic heterocycles. The fraction of sp³-hybridized carbons (Fsp3) is 0.846. The summed E-state index contributed by atoms with van der Waals surface area (Å²) in [5.41, 5.74) is 0. The third-order valence-corrected chi connectivity index (χ3v) is 3.11. The van der Waals surface area contributed by atoms with E-state index >= 15 is 0 Å². The lowest BCUT2D eigenvalue weighted by molar-refractivity contribution is -0.137. The molecule has 0 aromatic rings. The van der Waals surface area contributed by atoms with Gasteiger partial charge in [0.25, 0.3) is 0 Å². The van der Waals surface area contributed by atoms with E-state index in [0.717, 1.165) is 0 Å². The molecule has 1 fully saturated rings. The van der Waals surface area contributed by atoms with Crippen LogP contribution in [0.2, 0.25) is 0 Å². The first kappa shape index (κ1) is 14.0. The standard InChI is InChI=1S/C13H24N2O2/c1-8(2)6-11-13(17)15(9(3)4)10(5)7-12(16)14-11/h8-11H,6-7H2,1-5H3,(H,14,16). The van der Waals surface area contributed by atoms with E-state index in [0.29, 0.717) is 18.8 Å². The molecule has 0 aliphatic carbocycles. The van der Waals surface area contributed by atoms with Crippen LogP contribution in [0, 0.1) is 5.92 Å². The molecule has 2 amide bonds. The Morgan fingerprint density at radius 1 is 1.29 bits per heavy atom. The molecule has 2 unspecified atom stereocenters. The normalized spacial score (nSPS) is 26.4. The Morgan fingerprint density at radius 3 is 2.35 bits per heavy atom. The molecule has 1 N–H and O–H groups in total. The summed E-state index contributed by atoms with van der Waals surface area (Å²) in [6.07, 6.45) is 1.11. The van der Waals surface area contributed by atoms with Gasteiger partial charge in [0, 0.05) is 18.5 Å². The van der Waals surface area contributed by atoms with E-state index in [2.05, 4.69) is 19.2 Å². The van der Waals surface area contributed by atoms with Crippen LogP contribution in [0.15, 0.2) is 0 Å². The van der Waals surface area contributed by atoms with Gasteiger partial charge in [-0.15, -0.1) is 0 Å². The zero-order valence-corrected chi connectivity index (χ0v) is 11.5. The van der Waals surface area contributed by atoms with Crippen molar-refractivity contribution >= 4 is 11.8 Å². The SMILES string of the molecule is CC(C)CC1NC(=O)CC(C)N(C(C)C)C1=O. The van der Waals surface area contributed by atoms with Gasteiger partial charge in [-0.2, -0.15) is 0 Å². The maximum Gasteiger partial charge on any atom is 0.245 e. The number of nitrogens with zero attached hydrogens (tertiary/aromatic N) is 1. The lowest BCUT2D eigenvalue weighted by atomic mass is 10.0. The monoisotopic (exact) mass is 240 g/mol. The molecule has 1 heterocycles. The van der Waals surface area contributed by atoms with Crippen LogP contribution < -0.4 is 5.32 Å². The minimum atomic E-state index is -0.352. The summed E-state index contributed by atoms with van der Waals surface area (Å²) in [5, 5.41) is 2.85. The Balaban J connectivity index is 2.91. The second-order valence-electron chi connectivity index (χ2n) is 5.64. The van der Waals surface area contributed by atoms with Crippen LogP contribution in [0.5, 0.6) is 0 Å². The van der Waals surface area contributed by atoms with Gasteiger partial charge in [0.05, 0.1) is 0 Å². The first-order valence-electron chi connectivity index (χ1n) is 6.44. The fourth-order valence-corrected chi connectivity index (χ4v) is 2.47. The molecule has 0 bridgehead atoms. The molecule has 0 saturated carbocycles. The van der Waals surface area contributed by atoms with Crippen molar-refractivity contribution in [2.45, 2.75) is 65.6 Å². The van der Waals surface area contributed by atoms with Gasteiger partial charge in [-0.1, -0.05) is 13.8 Å². The molecule has 1 saturated heterocycles. The highest BCUT2D eigenvalue weighted by Gasteiger charge is 2.35. The molecule has 1 aliphatic rings. The van der Waals surface area contributed by atoms with Crippen molar-refractivity contribution in [3.8, 4) is 0 Å². The Bertz CT molecular complexity index is 300. The molecular formula is C13H24N2O2. The highest BCUT2D eigenvalue weighted by atomic mass is 16.2. The molecule has 0 aromatic carbocycles. The average molecular weight is 240 g/mol. The minimum Gasteiger partial charge on any atom is -0.344 e. The Morgan fingerprint density at radius 2 is 1.88 bits per heavy atom. The summed E-state index contributed by atoms with van der Waals surface area (Å²) in [6, 6.07) is -0.227. The largest absolute Gasteiger partial charge is 0.344 e. The lowest BCUT2D eigenvalue weighted by Gasteiger charge is -2.32. The summed E-state index contributed by atoms with van der Waals surface area (Å²) in [5.74, 6) is 0.443. The smallest absolute Gasteiger partial charge is 0.245 e. The number of nitrogens with one attached hydrogen (secondary N) is 1. The Hall–Kier alpha value is -1.06. The third-order valence-electron chi connectivity index (χ3n) is 3.11. The summed E-state index contributed by atoms with van der Waals surface area (Å²) < 4.78 is 0. The highest BCUT2D eigenvalue weighted by molar-refractivity contribution is 5.90. The summed E-state index contributed by atoms with van der Waals surface area (Å²) in [6.45, 7) is 10.1. The second-order valence-corrected chi connectivity index (χ2v) is 5.64. The molecular weight excluding hydrogens is 216 g/mol. The van der Waals surface area contributed by atoms with Crippen molar-refractivity contribution in [3.63, 3.8) is 0 Å². The number of hydrogen-bond donors (Lipinski definition) is 1. The van der Waals surface area contributed by atoms with Crippen molar-refractivity contribution in [3.05, 3.63) is 0 Å². The molecule has 4 nitrogen and oxygen atoms in total. The van der Waals surface area contributed by atoms with Gasteiger partial charge in [0.1, 0.15) is 6.04 Å². The summed E-state index contributed by atoms with van der Waals surface area (Å²) in [7, 11) is 0. The summed E-state index contributed by atoms with van der Waals surface area (Å²) in [4.78, 5) is 25.9. The topological polar surface area (TPSA) is 49.4 Å². The molecule has 2 atom stereocenters. The van der Waals surface area contributed by atoms with Crippen LogP contribution >= 0.6 is 0 Å². The predicted octanol–water partition coefficient (Wildman–Crippen LogP) is 1.55. The quantitative estimate of drug-likeness (QED) is 0.813. The average Bonchev–Trinajstić information content (AvgIpc) is 2.23. The van der Waals surface area contributed by atoms with Crippen molar-refractivity contribution < 1.29 is 9.59 Å². The summed E-state index contributed by atoms with van der Waals surface area (Å²) >= 11 is 0. The number of amides is 2. The van der Waals surface area contributed by atoms with Crippen molar-refractivity contribution in [1.29, 1.82) is 0 Å². The van der Waals surface area contributed by atoms with Crippen LogP contribution in [-0.4, -0.2) is 34.8 Å². The van der Waals surface area contributed by atoms with Crippen molar-refractivity contribution in [1.82, 2.24) is 10.2 Å². The molecule has 0 spiro atoms. The maximum absolute atomic E-state index is 12.4. The third kappa shape index (κ3) is 3.45. The van der Waals surface area contributed by atoms with Gasteiger partial charge >= 0.3 is 0 Å².